The molecular weight excluding hydrogens is 259 g/mol. The van der Waals surface area contributed by atoms with Crippen molar-refractivity contribution in [3.8, 4) is 11.8 Å². The molecule has 2 rings (SSSR count). The van der Waals surface area contributed by atoms with Crippen molar-refractivity contribution in [1.29, 1.82) is 0 Å². The Kier molecular flexibility index (Phi) is 6.05. The summed E-state index contributed by atoms with van der Waals surface area (Å²) < 4.78 is 0. The van der Waals surface area contributed by atoms with Crippen LogP contribution in [0, 0.1) is 24.2 Å². The molecule has 106 valence electrons. The van der Waals surface area contributed by atoms with Crippen LogP contribution < -0.4 is 24.0 Å². The van der Waals surface area contributed by atoms with Crippen LogP contribution in [-0.2, 0) is 0 Å². The fourth-order valence-electron chi connectivity index (χ4n) is 2.31. The van der Waals surface area contributed by atoms with Gasteiger partial charge in [-0.1, -0.05) is 11.8 Å². The molecule has 0 N–H and O–H groups in total. The van der Waals surface area contributed by atoms with Gasteiger partial charge in [-0.25, -0.2) is 0 Å². The maximum atomic E-state index is 10.9. The molecule has 5 heteroatoms. The second kappa shape index (κ2) is 7.14. The molecule has 0 spiro atoms. The summed E-state index contributed by atoms with van der Waals surface area (Å²) in [4.78, 5) is 17.1. The van der Waals surface area contributed by atoms with Crippen LogP contribution in [0.5, 0.6) is 0 Å². The number of nitrogens with zero attached hydrogens (tertiary/aromatic N) is 2. The van der Waals surface area contributed by atoms with E-state index in [4.69, 9.17) is 0 Å². The molecule has 21 heavy (non-hydrogen) atoms. The van der Waals surface area contributed by atoms with Crippen LogP contribution in [0.25, 0.3) is 0 Å². The molecular formula is C16H19LiN2O2. The molecule has 2 heterocycles. The van der Waals surface area contributed by atoms with Crippen molar-refractivity contribution in [3.63, 3.8) is 0 Å². The van der Waals surface area contributed by atoms with Gasteiger partial charge in [0.1, 0.15) is 0 Å². The van der Waals surface area contributed by atoms with Crippen LogP contribution >= 0.6 is 0 Å². The van der Waals surface area contributed by atoms with Gasteiger partial charge in [-0.3, -0.25) is 4.98 Å². The van der Waals surface area contributed by atoms with Gasteiger partial charge in [-0.2, -0.15) is 0 Å². The fraction of sp³-hybridized carbons (Fsp3) is 0.500. The van der Waals surface area contributed by atoms with Crippen LogP contribution in [-0.4, -0.2) is 36.0 Å². The van der Waals surface area contributed by atoms with Gasteiger partial charge >= 0.3 is 18.9 Å². The Bertz CT molecular complexity index is 582. The van der Waals surface area contributed by atoms with Crippen LogP contribution in [0.15, 0.2) is 12.1 Å². The minimum absolute atomic E-state index is 0. The average molecular weight is 278 g/mol. The summed E-state index contributed by atoms with van der Waals surface area (Å²) in [5, 5.41) is 10.9. The van der Waals surface area contributed by atoms with Gasteiger partial charge in [0.15, 0.2) is 0 Å². The first kappa shape index (κ1) is 17.8. The number of hydrogen-bond donors (Lipinski definition) is 0. The van der Waals surface area contributed by atoms with Gasteiger partial charge in [-0.05, 0) is 59.0 Å². The monoisotopic (exact) mass is 278 g/mol. The Morgan fingerprint density at radius 2 is 2.00 bits per heavy atom. The first-order chi connectivity index (χ1) is 9.38. The van der Waals surface area contributed by atoms with Crippen LogP contribution in [0.2, 0.25) is 0 Å². The zero-order valence-corrected chi connectivity index (χ0v) is 13.2. The molecule has 0 aromatic carbocycles. The van der Waals surface area contributed by atoms with Gasteiger partial charge in [0.2, 0.25) is 0 Å². The van der Waals surface area contributed by atoms with E-state index in [1.807, 2.05) is 0 Å². The molecule has 0 saturated carbocycles. The number of aromatic nitrogens is 1. The smallest absolute Gasteiger partial charge is 0.543 e. The predicted molar refractivity (Wildman–Crippen MR) is 75.0 cm³/mol. The molecule has 1 aliphatic heterocycles. The van der Waals surface area contributed by atoms with E-state index in [1.165, 1.54) is 6.07 Å². The average Bonchev–Trinajstić information content (AvgIpc) is 2.40. The zero-order valence-electron chi connectivity index (χ0n) is 13.2. The normalized spacial score (nSPS) is 17.3. The summed E-state index contributed by atoms with van der Waals surface area (Å²) >= 11 is 0. The van der Waals surface area contributed by atoms with Crippen LogP contribution in [0.3, 0.4) is 0 Å². The number of carbonyl (C=O) groups excluding carboxylic acids is 1. The van der Waals surface area contributed by atoms with E-state index in [1.54, 1.807) is 13.0 Å². The third kappa shape index (κ3) is 4.90. The molecule has 1 fully saturated rings. The number of hydrogen-bond acceptors (Lipinski definition) is 4. The zero-order chi connectivity index (χ0) is 14.8. The maximum absolute atomic E-state index is 10.9. The quantitative estimate of drug-likeness (QED) is 0.434. The van der Waals surface area contributed by atoms with Crippen molar-refractivity contribution in [2.45, 2.75) is 26.7 Å². The topological polar surface area (TPSA) is 56.3 Å². The van der Waals surface area contributed by atoms with E-state index in [9.17, 15) is 9.90 Å². The molecule has 0 unspecified atom stereocenters. The van der Waals surface area contributed by atoms with Crippen molar-refractivity contribution in [3.05, 3.63) is 29.1 Å². The summed E-state index contributed by atoms with van der Waals surface area (Å²) in [7, 11) is 2.12. The van der Waals surface area contributed by atoms with Gasteiger partial charge in [-0.15, -0.1) is 0 Å². The van der Waals surface area contributed by atoms with E-state index in [0.29, 0.717) is 11.3 Å². The molecule has 1 saturated heterocycles. The second-order valence-electron chi connectivity index (χ2n) is 5.78. The summed E-state index contributed by atoms with van der Waals surface area (Å²) in [5.74, 6) is 5.15. The Morgan fingerprint density at radius 1 is 1.38 bits per heavy atom. The first-order valence-corrected chi connectivity index (χ1v) is 6.80. The Labute approximate surface area is 138 Å². The van der Waals surface area contributed by atoms with Crippen LogP contribution in [0.4, 0.5) is 0 Å². The molecule has 0 bridgehead atoms. The van der Waals surface area contributed by atoms with Crippen LogP contribution in [0.1, 0.15) is 41.5 Å². The number of carbonyl (C=O) groups is 1. The van der Waals surface area contributed by atoms with Crippen molar-refractivity contribution in [1.82, 2.24) is 9.88 Å². The summed E-state index contributed by atoms with van der Waals surface area (Å²) in [6, 6.07) is 3.28. The van der Waals surface area contributed by atoms with E-state index in [2.05, 4.69) is 35.7 Å². The van der Waals surface area contributed by atoms with E-state index in [-0.39, 0.29) is 30.0 Å². The number of pyridine rings is 1. The van der Waals surface area contributed by atoms with Gasteiger partial charge in [0, 0.05) is 16.7 Å². The molecule has 1 aromatic rings. The minimum Gasteiger partial charge on any atom is -0.543 e. The molecule has 0 atom stereocenters. The molecule has 4 nitrogen and oxygen atoms in total. The third-order valence-corrected chi connectivity index (χ3v) is 3.76. The molecule has 0 amide bonds. The van der Waals surface area contributed by atoms with Gasteiger partial charge < -0.3 is 14.8 Å². The molecule has 0 radical (unpaired) electrons. The van der Waals surface area contributed by atoms with Gasteiger partial charge in [0.25, 0.3) is 0 Å². The second-order valence-corrected chi connectivity index (χ2v) is 5.78. The number of aryl methyl sites for hydroxylation is 1. The Morgan fingerprint density at radius 3 is 2.57 bits per heavy atom. The Balaban J connectivity index is 0.00000220. The first-order valence-electron chi connectivity index (χ1n) is 6.80. The van der Waals surface area contributed by atoms with Crippen molar-refractivity contribution >= 4 is 5.97 Å². The largest absolute Gasteiger partial charge is 1.00 e. The summed E-state index contributed by atoms with van der Waals surface area (Å²) in [5.41, 5.74) is 1.29. The van der Waals surface area contributed by atoms with Gasteiger partial charge in [0.05, 0.1) is 11.7 Å². The number of piperidine rings is 1. The fourth-order valence-corrected chi connectivity index (χ4v) is 2.31. The molecule has 0 aliphatic carbocycles. The summed E-state index contributed by atoms with van der Waals surface area (Å²) in [6.07, 6.45) is 2.07. The number of rotatable bonds is 1. The standard InChI is InChI=1S/C16H20N2O2.Li/c1-12-10-13(11-14(17-12)15(19)20)4-5-16(2)6-8-18(3)9-7-16;/h10-11H,6-9H2,1-3H3,(H,19,20);/q;+1/p-1. The van der Waals surface area contributed by atoms with Crippen molar-refractivity contribution < 1.29 is 28.8 Å². The minimum atomic E-state index is -1.26. The molecule has 1 aromatic heterocycles. The van der Waals surface area contributed by atoms with E-state index in [0.717, 1.165) is 25.9 Å². The number of aromatic carboxylic acids is 1. The predicted octanol–water partition coefficient (Wildman–Crippen LogP) is -2.16. The molecule has 1 aliphatic rings. The number of likely N-dealkylation sites (tertiary alicyclic amines) is 1. The number of carboxylic acids is 1. The van der Waals surface area contributed by atoms with E-state index >= 15 is 0 Å². The van der Waals surface area contributed by atoms with E-state index < -0.39 is 5.97 Å². The summed E-state index contributed by atoms with van der Waals surface area (Å²) in [6.45, 7) is 6.02. The SMILES string of the molecule is Cc1cc(C#CC2(C)CCN(C)CC2)cc(C(=O)[O-])n1.[Li+]. The maximum Gasteiger partial charge on any atom is 1.00 e. The number of carboxylic acid groups (broad SMARTS) is 1. The van der Waals surface area contributed by atoms with Crippen molar-refractivity contribution in [2.75, 3.05) is 20.1 Å². The third-order valence-electron chi connectivity index (χ3n) is 3.76. The van der Waals surface area contributed by atoms with Crippen molar-refractivity contribution in [2.24, 2.45) is 5.41 Å². The Hall–Kier alpha value is -1.26.